The first kappa shape index (κ1) is 15.2. The van der Waals surface area contributed by atoms with Crippen LogP contribution in [-0.4, -0.2) is 12.2 Å². The van der Waals surface area contributed by atoms with Gasteiger partial charge in [0, 0.05) is 11.7 Å². The highest BCUT2D eigenvalue weighted by molar-refractivity contribution is 5.57. The van der Waals surface area contributed by atoms with E-state index in [0.717, 1.165) is 22.4 Å². The lowest BCUT2D eigenvalue weighted by atomic mass is 10.1. The molecule has 0 spiro atoms. The van der Waals surface area contributed by atoms with E-state index in [0.29, 0.717) is 0 Å². The summed E-state index contributed by atoms with van der Waals surface area (Å²) in [6.45, 7) is 5.73. The zero-order valence-corrected chi connectivity index (χ0v) is 12.7. The Labute approximate surface area is 124 Å². The van der Waals surface area contributed by atoms with Gasteiger partial charge in [0.1, 0.15) is 5.75 Å². The standard InChI is InChI=1S/C17H20FNO2/c1-10-8-16(20)11(2)7-15(10)19-12(3)13-5-6-17(21-4)14(18)9-13/h5-9,12,19-20H,1-4H3. The average molecular weight is 289 g/mol. The maximum Gasteiger partial charge on any atom is 0.165 e. The van der Waals surface area contributed by atoms with Crippen LogP contribution < -0.4 is 10.1 Å². The van der Waals surface area contributed by atoms with Gasteiger partial charge in [0.25, 0.3) is 0 Å². The van der Waals surface area contributed by atoms with Crippen LogP contribution in [0.1, 0.15) is 29.7 Å². The third-order valence-corrected chi connectivity index (χ3v) is 3.59. The van der Waals surface area contributed by atoms with E-state index >= 15 is 0 Å². The molecule has 1 atom stereocenters. The lowest BCUT2D eigenvalue weighted by Gasteiger charge is -2.19. The highest BCUT2D eigenvalue weighted by Crippen LogP contribution is 2.29. The third-order valence-electron chi connectivity index (χ3n) is 3.59. The molecule has 0 amide bonds. The number of benzene rings is 2. The van der Waals surface area contributed by atoms with Gasteiger partial charge in [-0.1, -0.05) is 6.07 Å². The normalized spacial score (nSPS) is 12.0. The second kappa shape index (κ2) is 6.04. The summed E-state index contributed by atoms with van der Waals surface area (Å²) in [6, 6.07) is 8.48. The lowest BCUT2D eigenvalue weighted by Crippen LogP contribution is -2.08. The van der Waals surface area contributed by atoms with Gasteiger partial charge < -0.3 is 15.2 Å². The first-order valence-electron chi connectivity index (χ1n) is 6.82. The molecule has 0 radical (unpaired) electrons. The summed E-state index contributed by atoms with van der Waals surface area (Å²) in [7, 11) is 1.45. The van der Waals surface area contributed by atoms with Crippen LogP contribution in [0.25, 0.3) is 0 Å². The number of hydrogen-bond acceptors (Lipinski definition) is 3. The number of phenols is 1. The number of methoxy groups -OCH3 is 1. The Bertz CT molecular complexity index is 655. The quantitative estimate of drug-likeness (QED) is 0.823. The number of ether oxygens (including phenoxy) is 1. The first-order valence-corrected chi connectivity index (χ1v) is 6.82. The van der Waals surface area contributed by atoms with Crippen molar-refractivity contribution in [2.24, 2.45) is 0 Å². The monoisotopic (exact) mass is 289 g/mol. The van der Waals surface area contributed by atoms with Crippen LogP contribution in [0.5, 0.6) is 11.5 Å². The van der Waals surface area contributed by atoms with Crippen molar-refractivity contribution in [2.45, 2.75) is 26.8 Å². The maximum absolute atomic E-state index is 13.8. The Morgan fingerprint density at radius 1 is 1.14 bits per heavy atom. The molecule has 1 unspecified atom stereocenters. The Hall–Kier alpha value is -2.23. The van der Waals surface area contributed by atoms with Crippen molar-refractivity contribution in [1.29, 1.82) is 0 Å². The van der Waals surface area contributed by atoms with Gasteiger partial charge >= 0.3 is 0 Å². The molecule has 4 heteroatoms. The van der Waals surface area contributed by atoms with Gasteiger partial charge in [-0.15, -0.1) is 0 Å². The van der Waals surface area contributed by atoms with Crippen LogP contribution in [0.2, 0.25) is 0 Å². The summed E-state index contributed by atoms with van der Waals surface area (Å²) in [5, 5.41) is 13.0. The van der Waals surface area contributed by atoms with E-state index in [4.69, 9.17) is 4.74 Å². The Morgan fingerprint density at radius 3 is 2.48 bits per heavy atom. The van der Waals surface area contributed by atoms with E-state index in [1.54, 1.807) is 12.1 Å². The van der Waals surface area contributed by atoms with Gasteiger partial charge in [0.05, 0.1) is 7.11 Å². The second-order valence-electron chi connectivity index (χ2n) is 5.21. The van der Waals surface area contributed by atoms with Gasteiger partial charge in [0.15, 0.2) is 11.6 Å². The number of halogens is 1. The molecular weight excluding hydrogens is 269 g/mol. The molecule has 0 heterocycles. The van der Waals surface area contributed by atoms with E-state index < -0.39 is 0 Å². The molecule has 21 heavy (non-hydrogen) atoms. The van der Waals surface area contributed by atoms with Crippen LogP contribution >= 0.6 is 0 Å². The van der Waals surface area contributed by atoms with Gasteiger partial charge in [-0.2, -0.15) is 0 Å². The summed E-state index contributed by atoms with van der Waals surface area (Å²) < 4.78 is 18.7. The Kier molecular flexibility index (Phi) is 4.36. The fourth-order valence-electron chi connectivity index (χ4n) is 2.23. The molecule has 0 fully saturated rings. The van der Waals surface area contributed by atoms with Gasteiger partial charge in [-0.25, -0.2) is 4.39 Å². The molecule has 0 aliphatic rings. The number of hydrogen-bond donors (Lipinski definition) is 2. The van der Waals surface area contributed by atoms with Crippen molar-refractivity contribution in [1.82, 2.24) is 0 Å². The smallest absolute Gasteiger partial charge is 0.165 e. The number of phenolic OH excluding ortho intramolecular Hbond substituents is 1. The predicted octanol–water partition coefficient (Wildman–Crippen LogP) is 4.33. The highest BCUT2D eigenvalue weighted by atomic mass is 19.1. The molecule has 2 aromatic carbocycles. The largest absolute Gasteiger partial charge is 0.508 e. The summed E-state index contributed by atoms with van der Waals surface area (Å²) in [6.07, 6.45) is 0. The van der Waals surface area contributed by atoms with Crippen molar-refractivity contribution in [2.75, 3.05) is 12.4 Å². The minimum absolute atomic E-state index is 0.0620. The SMILES string of the molecule is COc1ccc(C(C)Nc2cc(C)c(O)cc2C)cc1F. The van der Waals surface area contributed by atoms with Gasteiger partial charge in [0.2, 0.25) is 0 Å². The van der Waals surface area contributed by atoms with E-state index in [2.05, 4.69) is 5.32 Å². The summed E-state index contributed by atoms with van der Waals surface area (Å²) >= 11 is 0. The Morgan fingerprint density at radius 2 is 1.86 bits per heavy atom. The lowest BCUT2D eigenvalue weighted by molar-refractivity contribution is 0.386. The molecule has 2 aromatic rings. The molecular formula is C17H20FNO2. The highest BCUT2D eigenvalue weighted by Gasteiger charge is 2.11. The fraction of sp³-hybridized carbons (Fsp3) is 0.294. The van der Waals surface area contributed by atoms with Crippen molar-refractivity contribution in [3.8, 4) is 11.5 Å². The molecule has 3 nitrogen and oxygen atoms in total. The van der Waals surface area contributed by atoms with E-state index in [1.165, 1.54) is 13.2 Å². The molecule has 2 N–H and O–H groups in total. The second-order valence-corrected chi connectivity index (χ2v) is 5.21. The van der Waals surface area contributed by atoms with Crippen LogP contribution in [0.15, 0.2) is 30.3 Å². The molecule has 0 saturated carbocycles. The molecule has 0 aliphatic heterocycles. The number of aryl methyl sites for hydroxylation is 2. The summed E-state index contributed by atoms with van der Waals surface area (Å²) in [4.78, 5) is 0. The topological polar surface area (TPSA) is 41.5 Å². The number of rotatable bonds is 4. The fourth-order valence-corrected chi connectivity index (χ4v) is 2.23. The van der Waals surface area contributed by atoms with Crippen LogP contribution in [0.4, 0.5) is 10.1 Å². The molecule has 0 aliphatic carbocycles. The number of anilines is 1. The minimum atomic E-state index is -0.373. The van der Waals surface area contributed by atoms with Crippen molar-refractivity contribution >= 4 is 5.69 Å². The van der Waals surface area contributed by atoms with E-state index in [9.17, 15) is 9.50 Å². The molecule has 0 aromatic heterocycles. The zero-order chi connectivity index (χ0) is 15.6. The average Bonchev–Trinajstić information content (AvgIpc) is 2.44. The molecule has 0 bridgehead atoms. The number of aromatic hydroxyl groups is 1. The van der Waals surface area contributed by atoms with Crippen molar-refractivity contribution < 1.29 is 14.2 Å². The number of nitrogens with one attached hydrogen (secondary N) is 1. The summed E-state index contributed by atoms with van der Waals surface area (Å²) in [5.74, 6) is 0.145. The van der Waals surface area contributed by atoms with Crippen LogP contribution in [0.3, 0.4) is 0 Å². The van der Waals surface area contributed by atoms with Crippen LogP contribution in [0, 0.1) is 19.7 Å². The van der Waals surface area contributed by atoms with Crippen molar-refractivity contribution in [3.63, 3.8) is 0 Å². The molecule has 2 rings (SSSR count). The van der Waals surface area contributed by atoms with E-state index in [1.807, 2.05) is 32.9 Å². The third kappa shape index (κ3) is 3.27. The zero-order valence-electron chi connectivity index (χ0n) is 12.7. The van der Waals surface area contributed by atoms with Crippen LogP contribution in [-0.2, 0) is 0 Å². The van der Waals surface area contributed by atoms with Gasteiger partial charge in [-0.05, 0) is 61.7 Å². The first-order chi connectivity index (χ1) is 9.92. The molecule has 112 valence electrons. The van der Waals surface area contributed by atoms with Gasteiger partial charge in [-0.3, -0.25) is 0 Å². The minimum Gasteiger partial charge on any atom is -0.508 e. The van der Waals surface area contributed by atoms with E-state index in [-0.39, 0.29) is 23.4 Å². The predicted molar refractivity (Wildman–Crippen MR) is 82.6 cm³/mol. The Balaban J connectivity index is 2.23. The molecule has 0 saturated heterocycles. The summed E-state index contributed by atoms with van der Waals surface area (Å²) in [5.41, 5.74) is 3.50. The van der Waals surface area contributed by atoms with Crippen molar-refractivity contribution in [3.05, 3.63) is 52.8 Å². The maximum atomic E-state index is 13.8.